The Labute approximate surface area is 108 Å². The van der Waals surface area contributed by atoms with E-state index in [9.17, 15) is 0 Å². The number of benzene rings is 1. The Hall–Kier alpha value is -0.730. The summed E-state index contributed by atoms with van der Waals surface area (Å²) in [5, 5.41) is 4.18. The van der Waals surface area contributed by atoms with Crippen LogP contribution in [-0.4, -0.2) is 19.7 Å². The van der Waals surface area contributed by atoms with Crippen LogP contribution in [0.25, 0.3) is 0 Å². The van der Waals surface area contributed by atoms with Crippen LogP contribution in [-0.2, 0) is 0 Å². The molecule has 2 nitrogen and oxygen atoms in total. The number of ether oxygens (including phenoxy) is 1. The van der Waals surface area contributed by atoms with E-state index in [1.165, 1.54) is 12.8 Å². The molecule has 1 aromatic rings. The molecule has 1 aliphatic heterocycles. The predicted molar refractivity (Wildman–Crippen MR) is 71.9 cm³/mol. The summed E-state index contributed by atoms with van der Waals surface area (Å²) in [7, 11) is 0. The summed E-state index contributed by atoms with van der Waals surface area (Å²) < 4.78 is 5.77. The first-order valence-corrected chi connectivity index (χ1v) is 6.73. The van der Waals surface area contributed by atoms with Crippen molar-refractivity contribution in [3.63, 3.8) is 0 Å². The average Bonchev–Trinajstić information content (AvgIpc) is 2.35. The Morgan fingerprint density at radius 3 is 2.82 bits per heavy atom. The molecule has 0 unspecified atom stereocenters. The van der Waals surface area contributed by atoms with Gasteiger partial charge in [-0.15, -0.1) is 0 Å². The van der Waals surface area contributed by atoms with E-state index in [1.54, 1.807) is 0 Å². The Bertz CT molecular complexity index is 361. The van der Waals surface area contributed by atoms with Gasteiger partial charge in [-0.3, -0.25) is 0 Å². The van der Waals surface area contributed by atoms with Crippen LogP contribution in [0.2, 0.25) is 5.02 Å². The Balaban J connectivity index is 1.75. The number of rotatable bonds is 4. The second-order valence-electron chi connectivity index (χ2n) is 4.74. The first-order valence-electron chi connectivity index (χ1n) is 6.35. The van der Waals surface area contributed by atoms with E-state index in [0.717, 1.165) is 48.4 Å². The molecule has 0 amide bonds. The largest absolute Gasteiger partial charge is 0.494 e. The van der Waals surface area contributed by atoms with Crippen molar-refractivity contribution in [2.45, 2.75) is 26.2 Å². The standard InChI is InChI=1S/C14H20ClNO/c1-11-10-13(2-3-14(11)15)17-9-6-12-4-7-16-8-5-12/h2-3,10,12,16H,4-9H2,1H3. The molecule has 1 saturated heterocycles. The smallest absolute Gasteiger partial charge is 0.119 e. The topological polar surface area (TPSA) is 21.3 Å². The fourth-order valence-corrected chi connectivity index (χ4v) is 2.34. The SMILES string of the molecule is Cc1cc(OCCC2CCNCC2)ccc1Cl. The van der Waals surface area contributed by atoms with Crippen LogP contribution in [0.3, 0.4) is 0 Å². The molecular weight excluding hydrogens is 234 g/mol. The summed E-state index contributed by atoms with van der Waals surface area (Å²) in [6.45, 7) is 5.13. The minimum Gasteiger partial charge on any atom is -0.494 e. The molecule has 0 atom stereocenters. The Kier molecular flexibility index (Phi) is 4.69. The molecule has 94 valence electrons. The maximum Gasteiger partial charge on any atom is 0.119 e. The van der Waals surface area contributed by atoms with Gasteiger partial charge in [-0.25, -0.2) is 0 Å². The van der Waals surface area contributed by atoms with Crippen molar-refractivity contribution in [3.8, 4) is 5.75 Å². The third-order valence-corrected chi connectivity index (χ3v) is 3.81. The molecule has 1 aliphatic rings. The second-order valence-corrected chi connectivity index (χ2v) is 5.15. The summed E-state index contributed by atoms with van der Waals surface area (Å²) in [4.78, 5) is 0. The molecule has 1 aromatic carbocycles. The van der Waals surface area contributed by atoms with Gasteiger partial charge >= 0.3 is 0 Å². The van der Waals surface area contributed by atoms with E-state index in [2.05, 4.69) is 5.32 Å². The van der Waals surface area contributed by atoms with Crippen molar-refractivity contribution in [2.75, 3.05) is 19.7 Å². The second kappa shape index (κ2) is 6.27. The van der Waals surface area contributed by atoms with E-state index >= 15 is 0 Å². The summed E-state index contributed by atoms with van der Waals surface area (Å²) in [5.74, 6) is 1.76. The lowest BCUT2D eigenvalue weighted by atomic mass is 9.95. The van der Waals surface area contributed by atoms with E-state index in [-0.39, 0.29) is 0 Å². The molecule has 0 bridgehead atoms. The summed E-state index contributed by atoms with van der Waals surface area (Å²) >= 11 is 5.97. The zero-order chi connectivity index (χ0) is 12.1. The van der Waals surface area contributed by atoms with E-state index in [0.29, 0.717) is 0 Å². The molecule has 2 rings (SSSR count). The van der Waals surface area contributed by atoms with Crippen LogP contribution in [0.1, 0.15) is 24.8 Å². The maximum atomic E-state index is 5.97. The highest BCUT2D eigenvalue weighted by Crippen LogP contribution is 2.22. The zero-order valence-corrected chi connectivity index (χ0v) is 11.1. The number of piperidine rings is 1. The van der Waals surface area contributed by atoms with E-state index in [4.69, 9.17) is 16.3 Å². The van der Waals surface area contributed by atoms with Crippen LogP contribution in [0.15, 0.2) is 18.2 Å². The van der Waals surface area contributed by atoms with Gasteiger partial charge in [0.05, 0.1) is 6.61 Å². The highest BCUT2D eigenvalue weighted by Gasteiger charge is 2.12. The van der Waals surface area contributed by atoms with Crippen molar-refractivity contribution in [3.05, 3.63) is 28.8 Å². The molecule has 17 heavy (non-hydrogen) atoms. The number of halogens is 1. The Morgan fingerprint density at radius 1 is 1.35 bits per heavy atom. The fraction of sp³-hybridized carbons (Fsp3) is 0.571. The lowest BCUT2D eigenvalue weighted by molar-refractivity contribution is 0.252. The van der Waals surface area contributed by atoms with Crippen molar-refractivity contribution >= 4 is 11.6 Å². The molecule has 0 aromatic heterocycles. The van der Waals surface area contributed by atoms with Crippen LogP contribution in [0.5, 0.6) is 5.75 Å². The van der Waals surface area contributed by atoms with Gasteiger partial charge in [0.15, 0.2) is 0 Å². The van der Waals surface area contributed by atoms with Crippen LogP contribution in [0.4, 0.5) is 0 Å². The number of aryl methyl sites for hydroxylation is 1. The minimum atomic E-state index is 0.802. The molecule has 1 N–H and O–H groups in total. The van der Waals surface area contributed by atoms with Gasteiger partial charge in [0.1, 0.15) is 5.75 Å². The third-order valence-electron chi connectivity index (χ3n) is 3.38. The van der Waals surface area contributed by atoms with Crippen molar-refractivity contribution in [2.24, 2.45) is 5.92 Å². The summed E-state index contributed by atoms with van der Waals surface area (Å²) in [6, 6.07) is 5.85. The normalized spacial score (nSPS) is 17.1. The fourth-order valence-electron chi connectivity index (χ4n) is 2.22. The van der Waals surface area contributed by atoms with Crippen LogP contribution in [0, 0.1) is 12.8 Å². The van der Waals surface area contributed by atoms with Crippen LogP contribution < -0.4 is 10.1 Å². The minimum absolute atomic E-state index is 0.802. The molecule has 0 saturated carbocycles. The van der Waals surface area contributed by atoms with Crippen LogP contribution >= 0.6 is 11.6 Å². The quantitative estimate of drug-likeness (QED) is 0.888. The van der Waals surface area contributed by atoms with Crippen molar-refractivity contribution in [1.82, 2.24) is 5.32 Å². The molecule has 0 aliphatic carbocycles. The lowest BCUT2D eigenvalue weighted by Crippen LogP contribution is -2.28. The number of nitrogens with one attached hydrogen (secondary N) is 1. The molecule has 3 heteroatoms. The van der Waals surface area contributed by atoms with E-state index < -0.39 is 0 Å². The van der Waals surface area contributed by atoms with Crippen molar-refractivity contribution < 1.29 is 4.74 Å². The van der Waals surface area contributed by atoms with Gasteiger partial charge in [-0.1, -0.05) is 11.6 Å². The monoisotopic (exact) mass is 253 g/mol. The highest BCUT2D eigenvalue weighted by atomic mass is 35.5. The molecule has 1 fully saturated rings. The summed E-state index contributed by atoms with van der Waals surface area (Å²) in [5.41, 5.74) is 1.08. The Morgan fingerprint density at radius 2 is 2.12 bits per heavy atom. The molecular formula is C14H20ClNO. The third kappa shape index (κ3) is 3.90. The van der Waals surface area contributed by atoms with E-state index in [1.807, 2.05) is 25.1 Å². The molecule has 0 spiro atoms. The summed E-state index contributed by atoms with van der Waals surface area (Å²) in [6.07, 6.45) is 3.72. The van der Waals surface area contributed by atoms with Gasteiger partial charge in [0.2, 0.25) is 0 Å². The zero-order valence-electron chi connectivity index (χ0n) is 10.3. The predicted octanol–water partition coefficient (Wildman–Crippen LogP) is 3.42. The van der Waals surface area contributed by atoms with Gasteiger partial charge in [-0.2, -0.15) is 0 Å². The molecule has 1 heterocycles. The number of hydrogen-bond acceptors (Lipinski definition) is 2. The number of hydrogen-bond donors (Lipinski definition) is 1. The lowest BCUT2D eigenvalue weighted by Gasteiger charge is -2.22. The maximum absolute atomic E-state index is 5.97. The van der Waals surface area contributed by atoms with Gasteiger partial charge in [0.25, 0.3) is 0 Å². The first-order chi connectivity index (χ1) is 8.25. The highest BCUT2D eigenvalue weighted by molar-refractivity contribution is 6.31. The first kappa shape index (κ1) is 12.7. The molecule has 0 radical (unpaired) electrons. The van der Waals surface area contributed by atoms with Gasteiger partial charge < -0.3 is 10.1 Å². The average molecular weight is 254 g/mol. The van der Waals surface area contributed by atoms with Gasteiger partial charge in [-0.05, 0) is 69.0 Å². The van der Waals surface area contributed by atoms with Crippen molar-refractivity contribution in [1.29, 1.82) is 0 Å². The van der Waals surface area contributed by atoms with Gasteiger partial charge in [0, 0.05) is 5.02 Å².